The lowest BCUT2D eigenvalue weighted by molar-refractivity contribution is 0.0907. The lowest BCUT2D eigenvalue weighted by atomic mass is 10.1. The molecule has 0 spiro atoms. The number of benzene rings is 3. The average molecular weight is 563 g/mol. The van der Waals surface area contributed by atoms with E-state index in [1.54, 1.807) is 48.5 Å². The van der Waals surface area contributed by atoms with Gasteiger partial charge < -0.3 is 0 Å². The summed E-state index contributed by atoms with van der Waals surface area (Å²) in [6, 6.07) is 21.7. The van der Waals surface area contributed by atoms with E-state index in [2.05, 4.69) is 20.4 Å². The first-order valence-electron chi connectivity index (χ1n) is 12.9. The van der Waals surface area contributed by atoms with Crippen molar-refractivity contribution in [2.24, 2.45) is 10.2 Å². The molecule has 12 nitrogen and oxygen atoms in total. The van der Waals surface area contributed by atoms with Gasteiger partial charge in [-0.2, -0.15) is 19.6 Å². The summed E-state index contributed by atoms with van der Waals surface area (Å²) in [7, 11) is 0. The van der Waals surface area contributed by atoms with Crippen LogP contribution in [-0.4, -0.2) is 53.2 Å². The molecule has 0 saturated heterocycles. The fourth-order valence-corrected chi connectivity index (χ4v) is 4.02. The zero-order valence-electron chi connectivity index (χ0n) is 23.3. The molecular formula is C30H26N8O4. The van der Waals surface area contributed by atoms with Gasteiger partial charge in [0, 0.05) is 25.0 Å². The van der Waals surface area contributed by atoms with Crippen molar-refractivity contribution >= 4 is 24.2 Å². The Hall–Kier alpha value is -5.78. The maximum Gasteiger partial charge on any atom is 0.374 e. The second-order valence-corrected chi connectivity index (χ2v) is 9.59. The molecule has 42 heavy (non-hydrogen) atoms. The summed E-state index contributed by atoms with van der Waals surface area (Å²) >= 11 is 0. The standard InChI is InChI=1S/C30H26N8O4/c1-19-5-13-25(14-6-19)27-33-35(21(3)39)29(41)37(27)31-17-23-9-11-24(12-10-23)18-32-38-28(26-15-7-20(2)8-16-26)34-36(22(4)40)30(38)42/h5-18H,1-4H3/b31-17+,32-18+. The van der Waals surface area contributed by atoms with Crippen LogP contribution in [-0.2, 0) is 0 Å². The van der Waals surface area contributed by atoms with Crippen LogP contribution in [0.5, 0.6) is 0 Å². The van der Waals surface area contributed by atoms with Gasteiger partial charge in [0.15, 0.2) is 11.6 Å². The monoisotopic (exact) mass is 562 g/mol. The Morgan fingerprint density at radius 1 is 0.595 bits per heavy atom. The van der Waals surface area contributed by atoms with Gasteiger partial charge in [-0.1, -0.05) is 83.9 Å². The fourth-order valence-electron chi connectivity index (χ4n) is 4.02. The predicted molar refractivity (Wildman–Crippen MR) is 158 cm³/mol. The Labute approximate surface area is 239 Å². The van der Waals surface area contributed by atoms with Crippen molar-refractivity contribution in [2.45, 2.75) is 27.7 Å². The van der Waals surface area contributed by atoms with Gasteiger partial charge in [-0.3, -0.25) is 9.59 Å². The van der Waals surface area contributed by atoms with E-state index in [-0.39, 0.29) is 11.6 Å². The second-order valence-electron chi connectivity index (χ2n) is 9.59. The molecule has 0 aliphatic heterocycles. The highest BCUT2D eigenvalue weighted by atomic mass is 16.2. The van der Waals surface area contributed by atoms with E-state index >= 15 is 0 Å². The molecule has 0 N–H and O–H groups in total. The number of hydrogen-bond acceptors (Lipinski definition) is 8. The first-order chi connectivity index (χ1) is 20.1. The summed E-state index contributed by atoms with van der Waals surface area (Å²) in [6.07, 6.45) is 2.95. The highest BCUT2D eigenvalue weighted by Crippen LogP contribution is 2.18. The molecule has 0 atom stereocenters. The van der Waals surface area contributed by atoms with Crippen LogP contribution < -0.4 is 11.4 Å². The van der Waals surface area contributed by atoms with Crippen LogP contribution in [0.4, 0.5) is 0 Å². The summed E-state index contributed by atoms with van der Waals surface area (Å²) in [5.74, 6) is -0.582. The van der Waals surface area contributed by atoms with Crippen LogP contribution in [0.3, 0.4) is 0 Å². The summed E-state index contributed by atoms with van der Waals surface area (Å²) in [5.41, 5.74) is 3.30. The maximum absolute atomic E-state index is 12.8. The third kappa shape index (κ3) is 5.59. The van der Waals surface area contributed by atoms with Gasteiger partial charge in [0.1, 0.15) is 0 Å². The van der Waals surface area contributed by atoms with E-state index in [9.17, 15) is 19.2 Å². The minimum absolute atomic E-state index is 0.233. The normalized spacial score (nSPS) is 11.5. The molecule has 5 rings (SSSR count). The average Bonchev–Trinajstić information content (AvgIpc) is 3.48. The molecule has 210 valence electrons. The van der Waals surface area contributed by atoms with Gasteiger partial charge in [-0.25, -0.2) is 9.59 Å². The molecule has 5 aromatic rings. The van der Waals surface area contributed by atoms with Crippen molar-refractivity contribution < 1.29 is 9.59 Å². The van der Waals surface area contributed by atoms with Gasteiger partial charge in [0.2, 0.25) is 11.8 Å². The van der Waals surface area contributed by atoms with E-state index in [1.165, 1.54) is 26.3 Å². The quantitative estimate of drug-likeness (QED) is 0.291. The Balaban J connectivity index is 1.43. The SMILES string of the molecule is CC(=O)n1nc(-c2ccc(C)cc2)n(/N=C/c2ccc(/C=N/n3c(-c4ccc(C)cc4)nn(C(C)=O)c3=O)cc2)c1=O. The van der Waals surface area contributed by atoms with Crippen molar-refractivity contribution in [1.82, 2.24) is 28.9 Å². The molecule has 0 unspecified atom stereocenters. The number of carbonyl (C=O) groups excluding carboxylic acids is 2. The molecule has 0 saturated carbocycles. The Morgan fingerprint density at radius 2 is 0.929 bits per heavy atom. The van der Waals surface area contributed by atoms with Gasteiger partial charge in [-0.15, -0.1) is 19.6 Å². The lowest BCUT2D eigenvalue weighted by Crippen LogP contribution is -2.26. The van der Waals surface area contributed by atoms with E-state index < -0.39 is 23.2 Å². The molecule has 12 heteroatoms. The molecule has 2 aromatic heterocycles. The van der Waals surface area contributed by atoms with Crippen LogP contribution in [0.2, 0.25) is 0 Å². The number of aryl methyl sites for hydroxylation is 2. The maximum atomic E-state index is 12.8. The van der Waals surface area contributed by atoms with E-state index in [4.69, 9.17) is 0 Å². The molecule has 3 aromatic carbocycles. The topological polar surface area (TPSA) is 138 Å². The van der Waals surface area contributed by atoms with E-state index in [0.29, 0.717) is 22.3 Å². The molecule has 0 bridgehead atoms. The van der Waals surface area contributed by atoms with Gasteiger partial charge in [-0.05, 0) is 25.0 Å². The third-order valence-corrected chi connectivity index (χ3v) is 6.31. The highest BCUT2D eigenvalue weighted by Gasteiger charge is 2.18. The zero-order chi connectivity index (χ0) is 30.0. The molecular weight excluding hydrogens is 536 g/mol. The van der Waals surface area contributed by atoms with Crippen molar-refractivity contribution in [2.75, 3.05) is 0 Å². The molecule has 0 fully saturated rings. The predicted octanol–water partition coefficient (Wildman–Crippen LogP) is 3.44. The minimum Gasteiger partial charge on any atom is -0.273 e. The zero-order valence-corrected chi connectivity index (χ0v) is 23.3. The Morgan fingerprint density at radius 3 is 1.24 bits per heavy atom. The first-order valence-corrected chi connectivity index (χ1v) is 12.9. The summed E-state index contributed by atoms with van der Waals surface area (Å²) in [6.45, 7) is 6.39. The van der Waals surface area contributed by atoms with Gasteiger partial charge in [0.25, 0.3) is 0 Å². The Bertz CT molecular complexity index is 1830. The second kappa shape index (κ2) is 11.4. The molecule has 0 radical (unpaired) electrons. The van der Waals surface area contributed by atoms with Gasteiger partial charge >= 0.3 is 11.4 Å². The van der Waals surface area contributed by atoms with Gasteiger partial charge in [0.05, 0.1) is 12.4 Å². The van der Waals surface area contributed by atoms with Crippen molar-refractivity contribution in [3.8, 4) is 22.8 Å². The van der Waals surface area contributed by atoms with E-state index in [0.717, 1.165) is 29.8 Å². The highest BCUT2D eigenvalue weighted by molar-refractivity contribution is 5.84. The number of nitrogens with zero attached hydrogens (tertiary/aromatic N) is 8. The number of rotatable bonds is 6. The minimum atomic E-state index is -0.681. The van der Waals surface area contributed by atoms with Crippen LogP contribution in [0.1, 0.15) is 45.7 Å². The van der Waals surface area contributed by atoms with E-state index in [1.807, 2.05) is 38.1 Å². The summed E-state index contributed by atoms with van der Waals surface area (Å²) in [4.78, 5) is 49.6. The number of hydrogen-bond donors (Lipinski definition) is 0. The molecule has 0 aliphatic carbocycles. The molecule has 0 amide bonds. The van der Waals surface area contributed by atoms with Crippen molar-refractivity contribution in [1.29, 1.82) is 0 Å². The van der Waals surface area contributed by atoms with Crippen LogP contribution in [0.25, 0.3) is 22.8 Å². The largest absolute Gasteiger partial charge is 0.374 e. The first kappa shape index (κ1) is 27.8. The third-order valence-electron chi connectivity index (χ3n) is 6.31. The van der Waals surface area contributed by atoms with Crippen molar-refractivity contribution in [3.63, 3.8) is 0 Å². The summed E-state index contributed by atoms with van der Waals surface area (Å²) in [5, 5.41) is 17.0. The van der Waals surface area contributed by atoms with Crippen LogP contribution in [0, 0.1) is 13.8 Å². The number of aromatic nitrogens is 6. The van der Waals surface area contributed by atoms with Crippen LogP contribution >= 0.6 is 0 Å². The fraction of sp³-hybridized carbons (Fsp3) is 0.133. The molecule has 2 heterocycles. The molecule has 0 aliphatic rings. The lowest BCUT2D eigenvalue weighted by Gasteiger charge is -2.01. The van der Waals surface area contributed by atoms with Crippen molar-refractivity contribution in [3.05, 3.63) is 116 Å². The summed E-state index contributed by atoms with van der Waals surface area (Å²) < 4.78 is 3.69. The Kier molecular flexibility index (Phi) is 7.52. The van der Waals surface area contributed by atoms with Crippen LogP contribution in [0.15, 0.2) is 92.6 Å². The number of carbonyl (C=O) groups is 2. The smallest absolute Gasteiger partial charge is 0.273 e.